The van der Waals surface area contributed by atoms with Crippen LogP contribution in [0.1, 0.15) is 21.6 Å². The zero-order chi connectivity index (χ0) is 18.7. The number of carbonyl (C=O) groups excluding carboxylic acids is 1. The molecule has 0 aliphatic heterocycles. The molecule has 0 spiro atoms. The van der Waals surface area contributed by atoms with Crippen LogP contribution < -0.4 is 14.8 Å². The van der Waals surface area contributed by atoms with Gasteiger partial charge in [0, 0.05) is 41.5 Å². The van der Waals surface area contributed by atoms with Crippen LogP contribution in [0, 0.1) is 6.92 Å². The first-order valence-corrected chi connectivity index (χ1v) is 7.82. The molecular weight excluding hydrogens is 344 g/mol. The quantitative estimate of drug-likeness (QED) is 0.705. The molecule has 0 saturated carbocycles. The lowest BCUT2D eigenvalue weighted by molar-refractivity contribution is -0.0499. The number of rotatable bonds is 6. The second-order valence-corrected chi connectivity index (χ2v) is 5.58. The number of aryl methyl sites for hydroxylation is 1. The molecule has 0 aliphatic carbocycles. The van der Waals surface area contributed by atoms with Gasteiger partial charge in [-0.15, -0.1) is 0 Å². The van der Waals surface area contributed by atoms with Crippen molar-refractivity contribution in [3.63, 3.8) is 0 Å². The van der Waals surface area contributed by atoms with Crippen LogP contribution >= 0.6 is 0 Å². The van der Waals surface area contributed by atoms with Crippen LogP contribution in [0.25, 0.3) is 10.9 Å². The molecule has 8 heteroatoms. The molecule has 1 amide bonds. The van der Waals surface area contributed by atoms with E-state index in [-0.39, 0.29) is 18.0 Å². The number of hydrogen-bond acceptors (Lipinski definition) is 4. The minimum atomic E-state index is -2.97. The number of halogens is 2. The maximum Gasteiger partial charge on any atom is 0.387 e. The van der Waals surface area contributed by atoms with Gasteiger partial charge >= 0.3 is 6.61 Å². The van der Waals surface area contributed by atoms with Gasteiger partial charge < -0.3 is 19.8 Å². The number of aromatic amines is 1. The molecule has 0 aliphatic rings. The van der Waals surface area contributed by atoms with Gasteiger partial charge in [0.1, 0.15) is 17.2 Å². The Hall–Kier alpha value is -3.16. The molecule has 26 heavy (non-hydrogen) atoms. The van der Waals surface area contributed by atoms with Crippen LogP contribution in [0.15, 0.2) is 36.7 Å². The number of ether oxygens (including phenoxy) is 2. The van der Waals surface area contributed by atoms with Gasteiger partial charge in [0.2, 0.25) is 0 Å². The highest BCUT2D eigenvalue weighted by Gasteiger charge is 2.15. The van der Waals surface area contributed by atoms with Gasteiger partial charge in [0.05, 0.1) is 7.11 Å². The number of hydrogen-bond donors (Lipinski definition) is 2. The van der Waals surface area contributed by atoms with Crippen molar-refractivity contribution in [3.05, 3.63) is 53.5 Å². The number of nitrogens with one attached hydrogen (secondary N) is 2. The fraction of sp³-hybridized carbons (Fsp3) is 0.222. The van der Waals surface area contributed by atoms with Gasteiger partial charge in [-0.25, -0.2) is 0 Å². The van der Waals surface area contributed by atoms with Gasteiger partial charge in [0.25, 0.3) is 5.91 Å². The van der Waals surface area contributed by atoms with Crippen molar-refractivity contribution >= 4 is 16.8 Å². The summed E-state index contributed by atoms with van der Waals surface area (Å²) < 4.78 is 34.3. The van der Waals surface area contributed by atoms with Crippen molar-refractivity contribution in [2.24, 2.45) is 0 Å². The third-order valence-corrected chi connectivity index (χ3v) is 3.95. The van der Waals surface area contributed by atoms with E-state index in [1.165, 1.54) is 18.3 Å². The van der Waals surface area contributed by atoms with Crippen LogP contribution in [0.5, 0.6) is 11.5 Å². The SMILES string of the molecule is COc1cc(C)c2[nH]ccc2c1CNC(=O)c1cc(OC(F)F)ccn1. The number of alkyl halides is 2. The summed E-state index contributed by atoms with van der Waals surface area (Å²) in [5.74, 6) is 0.0229. The second kappa shape index (κ2) is 7.38. The number of carbonyl (C=O) groups is 1. The number of benzene rings is 1. The summed E-state index contributed by atoms with van der Waals surface area (Å²) in [5.41, 5.74) is 2.78. The standard InChI is InChI=1S/C18H17F2N3O3/c1-10-7-15(25-2)13(12-4-6-22-16(10)12)9-23-17(24)14-8-11(3-5-21-14)26-18(19)20/h3-8,18,22H,9H2,1-2H3,(H,23,24). The number of pyridine rings is 1. The lowest BCUT2D eigenvalue weighted by atomic mass is 10.0. The van der Waals surface area contributed by atoms with E-state index < -0.39 is 12.5 Å². The Morgan fingerprint density at radius 3 is 2.88 bits per heavy atom. The first-order valence-electron chi connectivity index (χ1n) is 7.82. The Bertz CT molecular complexity index is 941. The average Bonchev–Trinajstić information content (AvgIpc) is 3.10. The molecule has 3 aromatic rings. The summed E-state index contributed by atoms with van der Waals surface area (Å²) in [6.45, 7) is -0.813. The summed E-state index contributed by atoms with van der Waals surface area (Å²) in [7, 11) is 1.56. The lowest BCUT2D eigenvalue weighted by Crippen LogP contribution is -2.24. The zero-order valence-corrected chi connectivity index (χ0v) is 14.2. The molecular formula is C18H17F2N3O3. The molecule has 3 rings (SSSR count). The third kappa shape index (κ3) is 3.58. The molecule has 6 nitrogen and oxygen atoms in total. The van der Waals surface area contributed by atoms with E-state index in [4.69, 9.17) is 4.74 Å². The fourth-order valence-corrected chi connectivity index (χ4v) is 2.77. The largest absolute Gasteiger partial charge is 0.496 e. The van der Waals surface area contributed by atoms with E-state index in [1.807, 2.05) is 25.3 Å². The highest BCUT2D eigenvalue weighted by molar-refractivity contribution is 5.93. The molecule has 2 heterocycles. The molecule has 2 aromatic heterocycles. The maximum atomic E-state index is 12.3. The molecule has 0 saturated heterocycles. The summed E-state index contributed by atoms with van der Waals surface area (Å²) in [6, 6.07) is 6.21. The van der Waals surface area contributed by atoms with Crippen LogP contribution in [-0.2, 0) is 6.54 Å². The van der Waals surface area contributed by atoms with Crippen molar-refractivity contribution in [1.82, 2.24) is 15.3 Å². The minimum Gasteiger partial charge on any atom is -0.496 e. The maximum absolute atomic E-state index is 12.3. The first kappa shape index (κ1) is 17.7. The van der Waals surface area contributed by atoms with Crippen LogP contribution in [-0.4, -0.2) is 29.6 Å². The van der Waals surface area contributed by atoms with Crippen molar-refractivity contribution < 1.29 is 23.0 Å². The Balaban J connectivity index is 1.81. The Morgan fingerprint density at radius 1 is 1.35 bits per heavy atom. The highest BCUT2D eigenvalue weighted by Crippen LogP contribution is 2.30. The number of H-pyrrole nitrogens is 1. The van der Waals surface area contributed by atoms with Gasteiger partial charge in [-0.05, 0) is 30.7 Å². The van der Waals surface area contributed by atoms with Gasteiger partial charge in [0.15, 0.2) is 0 Å². The number of nitrogens with zero attached hydrogens (tertiary/aromatic N) is 1. The van der Waals surface area contributed by atoms with E-state index in [1.54, 1.807) is 7.11 Å². The monoisotopic (exact) mass is 361 g/mol. The smallest absolute Gasteiger partial charge is 0.387 e. The van der Waals surface area contributed by atoms with Gasteiger partial charge in [-0.2, -0.15) is 8.78 Å². The van der Waals surface area contributed by atoms with Crippen LogP contribution in [0.2, 0.25) is 0 Å². The third-order valence-electron chi connectivity index (χ3n) is 3.95. The topological polar surface area (TPSA) is 76.2 Å². The Labute approximate surface area is 148 Å². The molecule has 0 radical (unpaired) electrons. The molecule has 2 N–H and O–H groups in total. The Morgan fingerprint density at radius 2 is 2.15 bits per heavy atom. The van der Waals surface area contributed by atoms with Gasteiger partial charge in [-0.1, -0.05) is 0 Å². The van der Waals surface area contributed by atoms with Gasteiger partial charge in [-0.3, -0.25) is 9.78 Å². The van der Waals surface area contributed by atoms with E-state index in [2.05, 4.69) is 20.0 Å². The van der Waals surface area contributed by atoms with E-state index >= 15 is 0 Å². The molecule has 136 valence electrons. The summed E-state index contributed by atoms with van der Waals surface area (Å²) in [5, 5.41) is 3.67. The van der Waals surface area contributed by atoms with E-state index in [0.29, 0.717) is 5.75 Å². The van der Waals surface area contributed by atoms with Crippen molar-refractivity contribution in [2.75, 3.05) is 7.11 Å². The number of aromatic nitrogens is 2. The van der Waals surface area contributed by atoms with Crippen molar-refractivity contribution in [1.29, 1.82) is 0 Å². The van der Waals surface area contributed by atoms with Crippen LogP contribution in [0.3, 0.4) is 0 Å². The van der Waals surface area contributed by atoms with Crippen molar-refractivity contribution in [2.45, 2.75) is 20.1 Å². The molecule has 1 aromatic carbocycles. The summed E-state index contributed by atoms with van der Waals surface area (Å²) in [6.07, 6.45) is 3.05. The predicted octanol–water partition coefficient (Wildman–Crippen LogP) is 3.41. The predicted molar refractivity (Wildman–Crippen MR) is 91.6 cm³/mol. The van der Waals surface area contributed by atoms with Crippen LogP contribution in [0.4, 0.5) is 8.78 Å². The zero-order valence-electron chi connectivity index (χ0n) is 14.2. The number of fused-ring (bicyclic) bond motifs is 1. The summed E-state index contributed by atoms with van der Waals surface area (Å²) >= 11 is 0. The molecule has 0 bridgehead atoms. The first-order chi connectivity index (χ1) is 12.5. The molecule has 0 atom stereocenters. The number of methoxy groups -OCH3 is 1. The number of amides is 1. The lowest BCUT2D eigenvalue weighted by Gasteiger charge is -2.13. The van der Waals surface area contributed by atoms with E-state index in [0.717, 1.165) is 22.0 Å². The molecule has 0 unspecified atom stereocenters. The summed E-state index contributed by atoms with van der Waals surface area (Å²) in [4.78, 5) is 19.4. The average molecular weight is 361 g/mol. The second-order valence-electron chi connectivity index (χ2n) is 5.58. The fourth-order valence-electron chi connectivity index (χ4n) is 2.77. The highest BCUT2D eigenvalue weighted by atomic mass is 19.3. The molecule has 0 fully saturated rings. The minimum absolute atomic E-state index is 0.0143. The Kier molecular flexibility index (Phi) is 5.01. The van der Waals surface area contributed by atoms with Crippen molar-refractivity contribution in [3.8, 4) is 11.5 Å². The normalized spacial score (nSPS) is 11.0. The van der Waals surface area contributed by atoms with E-state index in [9.17, 15) is 13.6 Å².